The van der Waals surface area contributed by atoms with Crippen molar-refractivity contribution >= 4 is 50.9 Å². The molecule has 3 aromatic rings. The number of hydrogen-bond donors (Lipinski definition) is 2. The molecule has 39 heavy (non-hydrogen) atoms. The Balaban J connectivity index is 1.78. The number of rotatable bonds is 11. The van der Waals surface area contributed by atoms with Crippen molar-refractivity contribution in [3.05, 3.63) is 86.4 Å². The molecule has 3 aromatic carbocycles. The van der Waals surface area contributed by atoms with E-state index in [1.54, 1.807) is 43.3 Å². The summed E-state index contributed by atoms with van der Waals surface area (Å²) in [4.78, 5) is 35.6. The van der Waals surface area contributed by atoms with E-state index in [4.69, 9.17) is 14.2 Å². The van der Waals surface area contributed by atoms with E-state index in [2.05, 4.69) is 26.6 Å². The van der Waals surface area contributed by atoms with Crippen molar-refractivity contribution in [2.45, 2.75) is 6.92 Å². The van der Waals surface area contributed by atoms with Crippen molar-refractivity contribution < 1.29 is 28.7 Å². The fourth-order valence-corrected chi connectivity index (χ4v) is 3.93. The van der Waals surface area contributed by atoms with E-state index in [0.29, 0.717) is 21.5 Å². The molecule has 3 rings (SSSR count). The molecule has 2 amide bonds. The van der Waals surface area contributed by atoms with Crippen molar-refractivity contribution in [2.75, 3.05) is 31.0 Å². The van der Waals surface area contributed by atoms with Crippen LogP contribution in [0.4, 0.5) is 17.1 Å². The van der Waals surface area contributed by atoms with Crippen LogP contribution >= 0.6 is 15.9 Å². The van der Waals surface area contributed by atoms with Gasteiger partial charge in [-0.3, -0.25) is 19.7 Å². The van der Waals surface area contributed by atoms with Crippen LogP contribution in [0.25, 0.3) is 6.08 Å². The van der Waals surface area contributed by atoms with Gasteiger partial charge in [0.15, 0.2) is 18.1 Å². The number of nitrogens with zero attached hydrogens (tertiary/aromatic N) is 2. The summed E-state index contributed by atoms with van der Waals surface area (Å²) in [6, 6.07) is 17.3. The number of anilines is 2. The number of nitriles is 1. The van der Waals surface area contributed by atoms with Gasteiger partial charge in [-0.15, -0.1) is 0 Å². The first-order valence-corrected chi connectivity index (χ1v) is 12.2. The highest BCUT2D eigenvalue weighted by atomic mass is 79.9. The van der Waals surface area contributed by atoms with E-state index in [1.165, 1.54) is 37.5 Å². The van der Waals surface area contributed by atoms with E-state index in [9.17, 15) is 25.0 Å². The maximum Gasteiger partial charge on any atom is 0.271 e. The summed E-state index contributed by atoms with van der Waals surface area (Å²) in [5.41, 5.74) is 0.641. The number of nitro benzene ring substituents is 1. The summed E-state index contributed by atoms with van der Waals surface area (Å²) in [5, 5.41) is 25.7. The van der Waals surface area contributed by atoms with Gasteiger partial charge in [0.05, 0.1) is 28.8 Å². The first-order chi connectivity index (χ1) is 18.7. The molecule has 0 aliphatic rings. The molecular formula is C27H23BrN4O7. The number of amides is 2. The van der Waals surface area contributed by atoms with Crippen LogP contribution in [0.1, 0.15) is 12.5 Å². The van der Waals surface area contributed by atoms with E-state index >= 15 is 0 Å². The van der Waals surface area contributed by atoms with Gasteiger partial charge in [-0.25, -0.2) is 0 Å². The summed E-state index contributed by atoms with van der Waals surface area (Å²) in [7, 11) is 1.50. The normalized spacial score (nSPS) is 10.7. The Hall–Kier alpha value is -4.89. The molecule has 0 heterocycles. The molecule has 0 fully saturated rings. The first kappa shape index (κ1) is 28.7. The minimum Gasteiger partial charge on any atom is -0.495 e. The maximum atomic E-state index is 12.7. The Labute approximate surface area is 232 Å². The fraction of sp³-hybridized carbons (Fsp3) is 0.148. The van der Waals surface area contributed by atoms with E-state index in [1.807, 2.05) is 6.07 Å². The van der Waals surface area contributed by atoms with Gasteiger partial charge in [-0.1, -0.05) is 18.2 Å². The molecule has 2 N–H and O–H groups in total. The molecule has 0 radical (unpaired) electrons. The zero-order chi connectivity index (χ0) is 28.4. The second kappa shape index (κ2) is 13.6. The van der Waals surface area contributed by atoms with Gasteiger partial charge in [0.25, 0.3) is 17.5 Å². The Kier molecular flexibility index (Phi) is 10.00. The number of carbonyl (C=O) groups is 2. The van der Waals surface area contributed by atoms with Gasteiger partial charge in [-0.2, -0.15) is 5.26 Å². The van der Waals surface area contributed by atoms with Crippen molar-refractivity contribution in [1.82, 2.24) is 0 Å². The van der Waals surface area contributed by atoms with Gasteiger partial charge >= 0.3 is 0 Å². The van der Waals surface area contributed by atoms with Gasteiger partial charge in [0.1, 0.15) is 17.4 Å². The SMILES string of the molecule is CCOc1cc(/C=C(/C#N)C(=O)Nc2cccc([N+](=O)[O-])c2)cc(Br)c1OCC(=O)Nc1ccccc1OC. The van der Waals surface area contributed by atoms with Crippen LogP contribution in [0.15, 0.2) is 70.7 Å². The van der Waals surface area contributed by atoms with Gasteiger partial charge < -0.3 is 24.8 Å². The van der Waals surface area contributed by atoms with Gasteiger partial charge in [-0.05, 0) is 64.8 Å². The van der Waals surface area contributed by atoms with Crippen molar-refractivity contribution in [3.63, 3.8) is 0 Å². The number of carbonyl (C=O) groups excluding carboxylic acids is 2. The molecule has 200 valence electrons. The molecule has 0 saturated carbocycles. The zero-order valence-electron chi connectivity index (χ0n) is 20.9. The highest BCUT2D eigenvalue weighted by molar-refractivity contribution is 9.10. The first-order valence-electron chi connectivity index (χ1n) is 11.4. The molecule has 0 aliphatic carbocycles. The minimum atomic E-state index is -0.750. The van der Waals surface area contributed by atoms with Crippen LogP contribution in [-0.4, -0.2) is 37.1 Å². The highest BCUT2D eigenvalue weighted by Gasteiger charge is 2.17. The minimum absolute atomic E-state index is 0.168. The topological polar surface area (TPSA) is 153 Å². The Bertz CT molecular complexity index is 1470. The predicted molar refractivity (Wildman–Crippen MR) is 148 cm³/mol. The third-order valence-electron chi connectivity index (χ3n) is 5.05. The maximum absolute atomic E-state index is 12.7. The highest BCUT2D eigenvalue weighted by Crippen LogP contribution is 2.37. The third kappa shape index (κ3) is 7.80. The summed E-state index contributed by atoms with van der Waals surface area (Å²) in [5.74, 6) is -0.146. The number of benzene rings is 3. The number of para-hydroxylation sites is 2. The quantitative estimate of drug-likeness (QED) is 0.131. The Morgan fingerprint density at radius 2 is 1.85 bits per heavy atom. The molecule has 0 atom stereocenters. The molecule has 0 unspecified atom stereocenters. The number of nitrogens with one attached hydrogen (secondary N) is 2. The smallest absolute Gasteiger partial charge is 0.271 e. The number of ether oxygens (including phenoxy) is 3. The summed E-state index contributed by atoms with van der Waals surface area (Å²) in [6.45, 7) is 1.71. The molecule has 12 heteroatoms. The fourth-order valence-electron chi connectivity index (χ4n) is 3.36. The van der Waals surface area contributed by atoms with Crippen LogP contribution < -0.4 is 24.8 Å². The van der Waals surface area contributed by atoms with Crippen molar-refractivity contribution in [3.8, 4) is 23.3 Å². The van der Waals surface area contributed by atoms with E-state index < -0.39 is 16.7 Å². The molecule has 0 aromatic heterocycles. The van der Waals surface area contributed by atoms with E-state index in [-0.39, 0.29) is 41.7 Å². The number of hydrogen-bond acceptors (Lipinski definition) is 8. The monoisotopic (exact) mass is 594 g/mol. The molecular weight excluding hydrogens is 572 g/mol. The van der Waals surface area contributed by atoms with Crippen molar-refractivity contribution in [2.24, 2.45) is 0 Å². The Morgan fingerprint density at radius 1 is 1.08 bits per heavy atom. The van der Waals surface area contributed by atoms with Crippen LogP contribution in [0.3, 0.4) is 0 Å². The summed E-state index contributed by atoms with van der Waals surface area (Å²) in [6.07, 6.45) is 1.33. The second-order valence-electron chi connectivity index (χ2n) is 7.73. The molecule has 0 aliphatic heterocycles. The average Bonchev–Trinajstić information content (AvgIpc) is 2.91. The largest absolute Gasteiger partial charge is 0.495 e. The van der Waals surface area contributed by atoms with Gasteiger partial charge in [0.2, 0.25) is 0 Å². The lowest BCUT2D eigenvalue weighted by atomic mass is 10.1. The zero-order valence-corrected chi connectivity index (χ0v) is 22.5. The number of halogens is 1. The lowest BCUT2D eigenvalue weighted by molar-refractivity contribution is -0.384. The number of non-ortho nitro benzene ring substituents is 1. The summed E-state index contributed by atoms with van der Waals surface area (Å²) >= 11 is 3.40. The average molecular weight is 595 g/mol. The van der Waals surface area contributed by atoms with Crippen LogP contribution in [0, 0.1) is 21.4 Å². The van der Waals surface area contributed by atoms with Crippen LogP contribution in [0.2, 0.25) is 0 Å². The number of methoxy groups -OCH3 is 1. The molecule has 0 spiro atoms. The predicted octanol–water partition coefficient (Wildman–Crippen LogP) is 5.33. The summed E-state index contributed by atoms with van der Waals surface area (Å²) < 4.78 is 17.0. The molecule has 0 saturated heterocycles. The standard InChI is InChI=1S/C27H23BrN4O7/c1-3-38-24-13-17(11-18(15-29)27(34)30-19-7-6-8-20(14-19)32(35)36)12-21(28)26(24)39-16-25(33)31-22-9-4-5-10-23(22)37-2/h4-14H,3,16H2,1-2H3,(H,30,34)(H,31,33)/b18-11-. The van der Waals surface area contributed by atoms with Gasteiger partial charge in [0, 0.05) is 17.8 Å². The third-order valence-corrected chi connectivity index (χ3v) is 5.64. The lowest BCUT2D eigenvalue weighted by Gasteiger charge is -2.15. The van der Waals surface area contributed by atoms with Crippen molar-refractivity contribution in [1.29, 1.82) is 5.26 Å². The second-order valence-corrected chi connectivity index (χ2v) is 8.59. The molecule has 11 nitrogen and oxygen atoms in total. The lowest BCUT2D eigenvalue weighted by Crippen LogP contribution is -2.21. The molecule has 0 bridgehead atoms. The number of nitro groups is 1. The Morgan fingerprint density at radius 3 is 2.54 bits per heavy atom. The van der Waals surface area contributed by atoms with E-state index in [0.717, 1.165) is 0 Å². The van der Waals surface area contributed by atoms with Crippen LogP contribution in [0.5, 0.6) is 17.2 Å². The van der Waals surface area contributed by atoms with Crippen LogP contribution in [-0.2, 0) is 9.59 Å².